The van der Waals surface area contributed by atoms with Crippen LogP contribution in [0.2, 0.25) is 0 Å². The van der Waals surface area contributed by atoms with Crippen molar-refractivity contribution in [2.45, 2.75) is 38.4 Å². The first kappa shape index (κ1) is 11.3. The van der Waals surface area contributed by atoms with E-state index in [2.05, 4.69) is 6.58 Å². The number of aliphatic hydroxyl groups excluding tert-OH is 1. The molecule has 3 heteroatoms. The Labute approximate surface area is 72.7 Å². The molecule has 0 aliphatic rings. The van der Waals surface area contributed by atoms with Crippen molar-refractivity contribution in [2.24, 2.45) is 0 Å². The molecule has 0 amide bonds. The first-order valence-corrected chi connectivity index (χ1v) is 3.93. The standard InChI is InChI=1S/C9H16O3/c1-4-7(10)8(11)5-6-9(2,3)12/h4,8,11-12H,1,5-6H2,2-3H3. The first-order chi connectivity index (χ1) is 5.37. The lowest BCUT2D eigenvalue weighted by molar-refractivity contribution is -0.123. The highest BCUT2D eigenvalue weighted by Gasteiger charge is 2.17. The molecule has 0 aliphatic carbocycles. The van der Waals surface area contributed by atoms with Crippen LogP contribution in [0.15, 0.2) is 12.7 Å². The van der Waals surface area contributed by atoms with Crippen LogP contribution in [-0.2, 0) is 4.79 Å². The SMILES string of the molecule is C=CC(=O)C(O)CCC(C)(C)O. The van der Waals surface area contributed by atoms with Gasteiger partial charge in [-0.15, -0.1) is 0 Å². The van der Waals surface area contributed by atoms with Gasteiger partial charge in [-0.25, -0.2) is 0 Å². The van der Waals surface area contributed by atoms with Crippen LogP contribution >= 0.6 is 0 Å². The molecular weight excluding hydrogens is 156 g/mol. The molecule has 0 rings (SSSR count). The second-order valence-electron chi connectivity index (χ2n) is 3.47. The Morgan fingerprint density at radius 3 is 2.50 bits per heavy atom. The third kappa shape index (κ3) is 5.04. The molecule has 3 nitrogen and oxygen atoms in total. The van der Waals surface area contributed by atoms with E-state index in [0.29, 0.717) is 6.42 Å². The van der Waals surface area contributed by atoms with Crippen LogP contribution in [0, 0.1) is 0 Å². The van der Waals surface area contributed by atoms with Gasteiger partial charge in [0.05, 0.1) is 5.60 Å². The third-order valence-corrected chi connectivity index (χ3v) is 1.56. The highest BCUT2D eigenvalue weighted by atomic mass is 16.3. The first-order valence-electron chi connectivity index (χ1n) is 3.93. The molecule has 1 unspecified atom stereocenters. The summed E-state index contributed by atoms with van der Waals surface area (Å²) in [5.74, 6) is -0.390. The summed E-state index contributed by atoms with van der Waals surface area (Å²) in [6.07, 6.45) is 0.742. The zero-order chi connectivity index (χ0) is 9.78. The predicted octanol–water partition coefficient (Wildman–Crippen LogP) is 0.653. The highest BCUT2D eigenvalue weighted by molar-refractivity contribution is 5.92. The molecule has 0 spiro atoms. The lowest BCUT2D eigenvalue weighted by atomic mass is 9.99. The molecule has 2 N–H and O–H groups in total. The minimum absolute atomic E-state index is 0.272. The summed E-state index contributed by atoms with van der Waals surface area (Å²) in [7, 11) is 0. The molecule has 1 atom stereocenters. The highest BCUT2D eigenvalue weighted by Crippen LogP contribution is 2.12. The normalized spacial score (nSPS) is 14.0. The molecular formula is C9H16O3. The van der Waals surface area contributed by atoms with Crippen LogP contribution in [0.1, 0.15) is 26.7 Å². The summed E-state index contributed by atoms with van der Waals surface area (Å²) in [4.78, 5) is 10.8. The van der Waals surface area contributed by atoms with E-state index in [0.717, 1.165) is 6.08 Å². The van der Waals surface area contributed by atoms with Crippen LogP contribution in [0.3, 0.4) is 0 Å². The molecule has 70 valence electrons. The number of carbonyl (C=O) groups excluding carboxylic acids is 1. The molecule has 0 aromatic rings. The van der Waals surface area contributed by atoms with Crippen molar-refractivity contribution in [3.8, 4) is 0 Å². The Kier molecular flexibility index (Phi) is 4.13. The second-order valence-corrected chi connectivity index (χ2v) is 3.47. The van der Waals surface area contributed by atoms with Crippen molar-refractivity contribution in [2.75, 3.05) is 0 Å². The molecule has 0 aliphatic heterocycles. The summed E-state index contributed by atoms with van der Waals surface area (Å²) >= 11 is 0. The monoisotopic (exact) mass is 172 g/mol. The van der Waals surface area contributed by atoms with Crippen LogP contribution in [0.25, 0.3) is 0 Å². The Hall–Kier alpha value is -0.670. The van der Waals surface area contributed by atoms with Gasteiger partial charge in [0, 0.05) is 0 Å². The maximum Gasteiger partial charge on any atom is 0.183 e. The summed E-state index contributed by atoms with van der Waals surface area (Å²) in [6, 6.07) is 0. The van der Waals surface area contributed by atoms with Crippen LogP contribution in [-0.4, -0.2) is 27.7 Å². The van der Waals surface area contributed by atoms with E-state index in [9.17, 15) is 9.90 Å². The van der Waals surface area contributed by atoms with Gasteiger partial charge in [-0.2, -0.15) is 0 Å². The van der Waals surface area contributed by atoms with Crippen molar-refractivity contribution in [1.82, 2.24) is 0 Å². The van der Waals surface area contributed by atoms with E-state index >= 15 is 0 Å². The topological polar surface area (TPSA) is 57.5 Å². The quantitative estimate of drug-likeness (QED) is 0.599. The Bertz CT molecular complexity index is 167. The van der Waals surface area contributed by atoms with Gasteiger partial charge in [0.25, 0.3) is 0 Å². The zero-order valence-corrected chi connectivity index (χ0v) is 7.58. The largest absolute Gasteiger partial charge is 0.390 e. The van der Waals surface area contributed by atoms with E-state index < -0.39 is 11.7 Å². The fourth-order valence-corrected chi connectivity index (χ4v) is 0.768. The molecule has 0 aromatic carbocycles. The number of carbonyl (C=O) groups is 1. The average molecular weight is 172 g/mol. The Morgan fingerprint density at radius 1 is 1.67 bits per heavy atom. The summed E-state index contributed by atoms with van der Waals surface area (Å²) in [5.41, 5.74) is -0.831. The minimum atomic E-state index is -1.02. The van der Waals surface area contributed by atoms with Gasteiger partial charge in [0.15, 0.2) is 5.78 Å². The molecule has 0 saturated heterocycles. The lowest BCUT2D eigenvalue weighted by Gasteiger charge is -2.17. The average Bonchev–Trinajstić information content (AvgIpc) is 1.97. The maximum atomic E-state index is 10.8. The van der Waals surface area contributed by atoms with E-state index in [1.165, 1.54) is 0 Å². The Balaban J connectivity index is 3.79. The van der Waals surface area contributed by atoms with Gasteiger partial charge in [-0.05, 0) is 32.8 Å². The maximum absolute atomic E-state index is 10.8. The minimum Gasteiger partial charge on any atom is -0.390 e. The molecule has 0 saturated carbocycles. The van der Waals surface area contributed by atoms with Gasteiger partial charge in [-0.3, -0.25) is 4.79 Å². The summed E-state index contributed by atoms with van der Waals surface area (Å²) in [6.45, 7) is 6.53. The molecule has 0 fully saturated rings. The van der Waals surface area contributed by atoms with E-state index in [4.69, 9.17) is 5.11 Å². The fraction of sp³-hybridized carbons (Fsp3) is 0.667. The van der Waals surface area contributed by atoms with Gasteiger partial charge in [0.2, 0.25) is 0 Å². The smallest absolute Gasteiger partial charge is 0.183 e. The van der Waals surface area contributed by atoms with Crippen molar-refractivity contribution < 1.29 is 15.0 Å². The molecule has 0 radical (unpaired) electrons. The van der Waals surface area contributed by atoms with Gasteiger partial charge >= 0.3 is 0 Å². The molecule has 0 bridgehead atoms. The number of rotatable bonds is 5. The molecule has 0 aromatic heterocycles. The van der Waals surface area contributed by atoms with Crippen molar-refractivity contribution in [3.05, 3.63) is 12.7 Å². The van der Waals surface area contributed by atoms with Crippen LogP contribution < -0.4 is 0 Å². The third-order valence-electron chi connectivity index (χ3n) is 1.56. The fourth-order valence-electron chi connectivity index (χ4n) is 0.768. The van der Waals surface area contributed by atoms with Crippen LogP contribution in [0.4, 0.5) is 0 Å². The number of ketones is 1. The second kappa shape index (κ2) is 4.38. The lowest BCUT2D eigenvalue weighted by Crippen LogP contribution is -2.25. The van der Waals surface area contributed by atoms with E-state index in [1.807, 2.05) is 0 Å². The number of aliphatic hydroxyl groups is 2. The van der Waals surface area contributed by atoms with Gasteiger partial charge < -0.3 is 10.2 Å². The molecule has 12 heavy (non-hydrogen) atoms. The van der Waals surface area contributed by atoms with Gasteiger partial charge in [-0.1, -0.05) is 6.58 Å². The van der Waals surface area contributed by atoms with Crippen LogP contribution in [0.5, 0.6) is 0 Å². The molecule has 0 heterocycles. The Morgan fingerprint density at radius 2 is 2.17 bits per heavy atom. The zero-order valence-electron chi connectivity index (χ0n) is 7.58. The van der Waals surface area contributed by atoms with E-state index in [1.54, 1.807) is 13.8 Å². The van der Waals surface area contributed by atoms with Crippen molar-refractivity contribution >= 4 is 5.78 Å². The summed E-state index contributed by atoms with van der Waals surface area (Å²) < 4.78 is 0. The van der Waals surface area contributed by atoms with Crippen molar-refractivity contribution in [1.29, 1.82) is 0 Å². The number of hydrogen-bond donors (Lipinski definition) is 2. The predicted molar refractivity (Wildman–Crippen MR) is 46.7 cm³/mol. The number of hydrogen-bond acceptors (Lipinski definition) is 3. The van der Waals surface area contributed by atoms with Crippen molar-refractivity contribution in [3.63, 3.8) is 0 Å². The van der Waals surface area contributed by atoms with Gasteiger partial charge in [0.1, 0.15) is 6.10 Å². The summed E-state index contributed by atoms with van der Waals surface area (Å²) in [5, 5.41) is 18.4. The van der Waals surface area contributed by atoms with E-state index in [-0.39, 0.29) is 12.2 Å².